The standard InChI is InChI=1S/C13H18N2O4S/c1-19-13(16)10-5-2-6-11(14)12(10)15-9-4-3-7-20(17,18)8-9/h2,5-6,9,15H,3-4,7-8,14H2,1H3. The molecule has 2 rings (SSSR count). The number of nitrogens with one attached hydrogen (secondary N) is 1. The summed E-state index contributed by atoms with van der Waals surface area (Å²) < 4.78 is 28.0. The van der Waals surface area contributed by atoms with Gasteiger partial charge in [-0.25, -0.2) is 13.2 Å². The third-order valence-corrected chi connectivity index (χ3v) is 5.13. The van der Waals surface area contributed by atoms with Crippen molar-refractivity contribution in [2.75, 3.05) is 29.7 Å². The van der Waals surface area contributed by atoms with Gasteiger partial charge in [-0.3, -0.25) is 0 Å². The third-order valence-electron chi connectivity index (χ3n) is 3.31. The zero-order valence-electron chi connectivity index (χ0n) is 11.3. The molecule has 0 aliphatic carbocycles. The number of nitrogens with two attached hydrogens (primary N) is 1. The number of ether oxygens (including phenoxy) is 1. The summed E-state index contributed by atoms with van der Waals surface area (Å²) in [6.07, 6.45) is 1.34. The number of methoxy groups -OCH3 is 1. The molecule has 1 aliphatic heterocycles. The first-order valence-electron chi connectivity index (χ1n) is 6.37. The molecule has 1 saturated heterocycles. The maximum atomic E-state index is 11.7. The summed E-state index contributed by atoms with van der Waals surface area (Å²) >= 11 is 0. The number of hydrogen-bond donors (Lipinski definition) is 2. The van der Waals surface area contributed by atoms with Crippen LogP contribution in [0.2, 0.25) is 0 Å². The summed E-state index contributed by atoms with van der Waals surface area (Å²) in [7, 11) is -1.73. The minimum absolute atomic E-state index is 0.0575. The van der Waals surface area contributed by atoms with Crippen LogP contribution in [0.15, 0.2) is 18.2 Å². The molecule has 1 aromatic carbocycles. The van der Waals surface area contributed by atoms with Crippen molar-refractivity contribution in [2.45, 2.75) is 18.9 Å². The minimum atomic E-state index is -3.02. The molecule has 0 amide bonds. The predicted octanol–water partition coefficient (Wildman–Crippen LogP) is 1.04. The van der Waals surface area contributed by atoms with Gasteiger partial charge in [0.2, 0.25) is 0 Å². The highest BCUT2D eigenvalue weighted by molar-refractivity contribution is 7.91. The van der Waals surface area contributed by atoms with Crippen LogP contribution in [0.25, 0.3) is 0 Å². The lowest BCUT2D eigenvalue weighted by Gasteiger charge is -2.25. The number of benzene rings is 1. The summed E-state index contributed by atoms with van der Waals surface area (Å²) in [5, 5.41) is 3.08. The average molecular weight is 298 g/mol. The molecule has 0 spiro atoms. The SMILES string of the molecule is COC(=O)c1cccc(N)c1NC1CCCS(=O)(=O)C1. The highest BCUT2D eigenvalue weighted by Gasteiger charge is 2.26. The molecule has 1 heterocycles. The van der Waals surface area contributed by atoms with Gasteiger partial charge in [0.15, 0.2) is 9.84 Å². The normalized spacial score (nSPS) is 21.1. The van der Waals surface area contributed by atoms with Crippen LogP contribution in [-0.4, -0.2) is 39.0 Å². The van der Waals surface area contributed by atoms with Crippen LogP contribution in [-0.2, 0) is 14.6 Å². The Hall–Kier alpha value is -1.76. The Balaban J connectivity index is 2.27. The van der Waals surface area contributed by atoms with Gasteiger partial charge in [0.1, 0.15) is 0 Å². The number of para-hydroxylation sites is 1. The van der Waals surface area contributed by atoms with Crippen molar-refractivity contribution in [3.8, 4) is 0 Å². The highest BCUT2D eigenvalue weighted by Crippen LogP contribution is 2.27. The van der Waals surface area contributed by atoms with E-state index in [1.165, 1.54) is 7.11 Å². The van der Waals surface area contributed by atoms with E-state index in [9.17, 15) is 13.2 Å². The Bertz CT molecular complexity index is 613. The molecule has 1 unspecified atom stereocenters. The lowest BCUT2D eigenvalue weighted by atomic mass is 10.1. The third kappa shape index (κ3) is 3.22. The first-order chi connectivity index (χ1) is 9.43. The van der Waals surface area contributed by atoms with E-state index in [0.717, 1.165) is 6.42 Å². The van der Waals surface area contributed by atoms with Crippen molar-refractivity contribution in [1.29, 1.82) is 0 Å². The molecule has 1 atom stereocenters. The van der Waals surface area contributed by atoms with Gasteiger partial charge in [-0.2, -0.15) is 0 Å². The lowest BCUT2D eigenvalue weighted by Crippen LogP contribution is -2.35. The fraction of sp³-hybridized carbons (Fsp3) is 0.462. The second-order valence-electron chi connectivity index (χ2n) is 4.86. The first-order valence-corrected chi connectivity index (χ1v) is 8.19. The molecule has 0 bridgehead atoms. The largest absolute Gasteiger partial charge is 0.465 e. The van der Waals surface area contributed by atoms with Crippen LogP contribution < -0.4 is 11.1 Å². The van der Waals surface area contributed by atoms with E-state index >= 15 is 0 Å². The smallest absolute Gasteiger partial charge is 0.340 e. The number of rotatable bonds is 3. The molecule has 20 heavy (non-hydrogen) atoms. The Morgan fingerprint density at radius 2 is 2.20 bits per heavy atom. The number of carbonyl (C=O) groups excluding carboxylic acids is 1. The van der Waals surface area contributed by atoms with Gasteiger partial charge >= 0.3 is 5.97 Å². The maximum absolute atomic E-state index is 11.7. The number of carbonyl (C=O) groups is 1. The van der Waals surface area contributed by atoms with Gasteiger partial charge < -0.3 is 15.8 Å². The van der Waals surface area contributed by atoms with E-state index in [1.54, 1.807) is 18.2 Å². The van der Waals surface area contributed by atoms with Crippen LogP contribution in [0, 0.1) is 0 Å². The van der Waals surface area contributed by atoms with Crippen molar-refractivity contribution >= 4 is 27.2 Å². The minimum Gasteiger partial charge on any atom is -0.465 e. The second-order valence-corrected chi connectivity index (χ2v) is 7.09. The van der Waals surface area contributed by atoms with E-state index in [0.29, 0.717) is 23.4 Å². The molecule has 0 saturated carbocycles. The summed E-state index contributed by atoms with van der Waals surface area (Å²) in [5.41, 5.74) is 7.04. The molecule has 1 aliphatic rings. The monoisotopic (exact) mass is 298 g/mol. The van der Waals surface area contributed by atoms with Gasteiger partial charge in [-0.1, -0.05) is 6.07 Å². The molecule has 7 heteroatoms. The van der Waals surface area contributed by atoms with Crippen LogP contribution >= 0.6 is 0 Å². The van der Waals surface area contributed by atoms with Crippen LogP contribution in [0.3, 0.4) is 0 Å². The Morgan fingerprint density at radius 1 is 1.45 bits per heavy atom. The summed E-state index contributed by atoms with van der Waals surface area (Å²) in [6, 6.07) is 4.68. The van der Waals surface area contributed by atoms with Crippen molar-refractivity contribution in [3.63, 3.8) is 0 Å². The van der Waals surface area contributed by atoms with Crippen molar-refractivity contribution in [1.82, 2.24) is 0 Å². The molecule has 0 radical (unpaired) electrons. The van der Waals surface area contributed by atoms with Gasteiger partial charge in [-0.15, -0.1) is 0 Å². The van der Waals surface area contributed by atoms with Gasteiger partial charge in [0, 0.05) is 6.04 Å². The van der Waals surface area contributed by atoms with Crippen LogP contribution in [0.1, 0.15) is 23.2 Å². The maximum Gasteiger partial charge on any atom is 0.340 e. The zero-order valence-corrected chi connectivity index (χ0v) is 12.1. The average Bonchev–Trinajstić information content (AvgIpc) is 2.39. The molecule has 110 valence electrons. The van der Waals surface area contributed by atoms with E-state index < -0.39 is 15.8 Å². The van der Waals surface area contributed by atoms with Gasteiger partial charge in [0.05, 0.1) is 35.6 Å². The molecule has 3 N–H and O–H groups in total. The van der Waals surface area contributed by atoms with Crippen LogP contribution in [0.5, 0.6) is 0 Å². The molecule has 1 aromatic rings. The fourth-order valence-electron chi connectivity index (χ4n) is 2.35. The summed E-state index contributed by atoms with van der Waals surface area (Å²) in [6.45, 7) is 0. The van der Waals surface area contributed by atoms with E-state index in [4.69, 9.17) is 10.5 Å². The molecule has 6 nitrogen and oxygen atoms in total. The zero-order chi connectivity index (χ0) is 14.8. The van der Waals surface area contributed by atoms with Gasteiger partial charge in [0.25, 0.3) is 0 Å². The van der Waals surface area contributed by atoms with Crippen LogP contribution in [0.4, 0.5) is 11.4 Å². The number of sulfone groups is 1. The van der Waals surface area contributed by atoms with Crippen molar-refractivity contribution < 1.29 is 17.9 Å². The van der Waals surface area contributed by atoms with E-state index in [2.05, 4.69) is 5.32 Å². The van der Waals surface area contributed by atoms with Crippen molar-refractivity contribution in [3.05, 3.63) is 23.8 Å². The Kier molecular flexibility index (Phi) is 4.17. The van der Waals surface area contributed by atoms with E-state index in [-0.39, 0.29) is 17.5 Å². The Labute approximate surface area is 118 Å². The summed E-state index contributed by atoms with van der Waals surface area (Å²) in [5.74, 6) is -0.222. The highest BCUT2D eigenvalue weighted by atomic mass is 32.2. The van der Waals surface area contributed by atoms with Gasteiger partial charge in [-0.05, 0) is 25.0 Å². The summed E-state index contributed by atoms with van der Waals surface area (Å²) in [4.78, 5) is 11.7. The molecule has 1 fully saturated rings. The lowest BCUT2D eigenvalue weighted by molar-refractivity contribution is 0.0602. The second kappa shape index (κ2) is 5.70. The fourth-order valence-corrected chi connectivity index (χ4v) is 3.99. The number of hydrogen-bond acceptors (Lipinski definition) is 6. The molecular weight excluding hydrogens is 280 g/mol. The molecule has 0 aromatic heterocycles. The molecular formula is C13H18N2O4S. The van der Waals surface area contributed by atoms with Crippen molar-refractivity contribution in [2.24, 2.45) is 0 Å². The predicted molar refractivity (Wildman–Crippen MR) is 77.5 cm³/mol. The Morgan fingerprint density at radius 3 is 2.85 bits per heavy atom. The van der Waals surface area contributed by atoms with E-state index in [1.807, 2.05) is 0 Å². The quantitative estimate of drug-likeness (QED) is 0.639. The number of anilines is 2. The number of nitrogen functional groups attached to an aromatic ring is 1. The first kappa shape index (κ1) is 14.6. The number of esters is 1. The topological polar surface area (TPSA) is 98.5 Å².